The third kappa shape index (κ3) is 1.02. The lowest BCUT2D eigenvalue weighted by molar-refractivity contribution is 1.30. The largest absolute Gasteiger partial charge is 0.338 e. The van der Waals surface area contributed by atoms with E-state index >= 15 is 0 Å². The summed E-state index contributed by atoms with van der Waals surface area (Å²) in [5, 5.41) is 6.75. The first-order chi connectivity index (χ1) is 5.90. The van der Waals surface area contributed by atoms with E-state index in [0.717, 1.165) is 11.0 Å². The van der Waals surface area contributed by atoms with Crippen LogP contribution in [0.4, 0.5) is 0 Å². The maximum Gasteiger partial charge on any atom is 0.140 e. The van der Waals surface area contributed by atoms with Crippen LogP contribution in [0.5, 0.6) is 0 Å². The molecule has 1 aromatic carbocycles. The summed E-state index contributed by atoms with van der Waals surface area (Å²) < 4.78 is 0. The van der Waals surface area contributed by atoms with Crippen LogP contribution in [0, 0.1) is 5.41 Å². The van der Waals surface area contributed by atoms with Crippen molar-refractivity contribution in [2.75, 3.05) is 0 Å². The first-order valence-corrected chi connectivity index (χ1v) is 3.60. The van der Waals surface area contributed by atoms with Gasteiger partial charge in [-0.1, -0.05) is 12.1 Å². The minimum atomic E-state index is 0.672. The fraction of sp³-hybridized carbons (Fsp3) is 0. The molecule has 2 aromatic rings. The van der Waals surface area contributed by atoms with Crippen LogP contribution < -0.4 is 0 Å². The van der Waals surface area contributed by atoms with Crippen molar-refractivity contribution in [2.45, 2.75) is 0 Å². The lowest BCUT2D eigenvalue weighted by atomic mass is 10.3. The molecule has 0 aliphatic heterocycles. The van der Waals surface area contributed by atoms with Gasteiger partial charge in [-0.3, -0.25) is 5.41 Å². The molecule has 0 unspecified atom stereocenters. The topological polar surface area (TPSA) is 52.5 Å². The van der Waals surface area contributed by atoms with Gasteiger partial charge >= 0.3 is 0 Å². The van der Waals surface area contributed by atoms with E-state index < -0.39 is 0 Å². The zero-order valence-corrected chi connectivity index (χ0v) is 6.33. The van der Waals surface area contributed by atoms with Crippen molar-refractivity contribution in [3.8, 4) is 0 Å². The van der Waals surface area contributed by atoms with E-state index in [1.165, 1.54) is 6.08 Å². The van der Waals surface area contributed by atoms with Crippen molar-refractivity contribution in [3.05, 3.63) is 30.1 Å². The highest BCUT2D eigenvalue weighted by atomic mass is 14.9. The number of rotatable bonds is 1. The lowest BCUT2D eigenvalue weighted by Crippen LogP contribution is -1.71. The zero-order valence-electron chi connectivity index (χ0n) is 6.33. The van der Waals surface area contributed by atoms with Gasteiger partial charge in [-0.2, -0.15) is 0 Å². The van der Waals surface area contributed by atoms with Gasteiger partial charge in [-0.05, 0) is 18.0 Å². The summed E-state index contributed by atoms with van der Waals surface area (Å²) in [6, 6.07) is 7.75. The summed E-state index contributed by atoms with van der Waals surface area (Å²) in [5.74, 6) is 2.85. The standard InChI is InChI=1S/C9H7N3/c10-6-5-9-11-7-3-1-2-4-8(7)12-9/h1-5,10H,(H,11,12). The Balaban J connectivity index is 2.69. The quantitative estimate of drug-likeness (QED) is 0.609. The summed E-state index contributed by atoms with van der Waals surface area (Å²) in [5.41, 5.74) is 1.90. The average Bonchev–Trinajstić information content (AvgIpc) is 2.47. The molecule has 1 heterocycles. The van der Waals surface area contributed by atoms with E-state index in [4.69, 9.17) is 5.41 Å². The molecule has 0 atom stereocenters. The van der Waals surface area contributed by atoms with Gasteiger partial charge in [0, 0.05) is 6.08 Å². The Labute approximate surface area is 69.3 Å². The van der Waals surface area contributed by atoms with E-state index in [9.17, 15) is 0 Å². The van der Waals surface area contributed by atoms with Gasteiger partial charge in [0.05, 0.1) is 11.0 Å². The van der Waals surface area contributed by atoms with E-state index in [1.807, 2.05) is 24.3 Å². The van der Waals surface area contributed by atoms with Crippen LogP contribution in [-0.4, -0.2) is 15.8 Å². The molecule has 0 saturated heterocycles. The number of nitrogens with one attached hydrogen (secondary N) is 2. The molecule has 2 rings (SSSR count). The normalized spacial score (nSPS) is 9.67. The molecule has 12 heavy (non-hydrogen) atoms. The van der Waals surface area contributed by atoms with Gasteiger partial charge in [0.2, 0.25) is 0 Å². The predicted molar refractivity (Wildman–Crippen MR) is 48.3 cm³/mol. The van der Waals surface area contributed by atoms with E-state index in [1.54, 1.807) is 0 Å². The van der Waals surface area contributed by atoms with Crippen molar-refractivity contribution >= 4 is 23.0 Å². The number of nitrogens with zero attached hydrogens (tertiary/aromatic N) is 1. The number of aromatic amines is 1. The number of benzene rings is 1. The fourth-order valence-corrected chi connectivity index (χ4v) is 1.11. The molecule has 0 amide bonds. The van der Waals surface area contributed by atoms with Crippen LogP contribution in [0.3, 0.4) is 0 Å². The minimum absolute atomic E-state index is 0.672. The van der Waals surface area contributed by atoms with Crippen LogP contribution in [0.25, 0.3) is 17.1 Å². The third-order valence-electron chi connectivity index (χ3n) is 1.62. The molecule has 0 saturated carbocycles. The summed E-state index contributed by atoms with van der Waals surface area (Å²) in [7, 11) is 0. The maximum absolute atomic E-state index is 6.75. The summed E-state index contributed by atoms with van der Waals surface area (Å²) in [6.07, 6.45) is 1.50. The van der Waals surface area contributed by atoms with E-state index in [-0.39, 0.29) is 0 Å². The highest BCUT2D eigenvalue weighted by Gasteiger charge is 1.96. The number of fused-ring (bicyclic) bond motifs is 1. The van der Waals surface area contributed by atoms with Gasteiger partial charge in [0.15, 0.2) is 0 Å². The fourth-order valence-electron chi connectivity index (χ4n) is 1.11. The number of H-pyrrole nitrogens is 1. The Morgan fingerprint density at radius 1 is 1.42 bits per heavy atom. The van der Waals surface area contributed by atoms with Gasteiger partial charge in [0.25, 0.3) is 0 Å². The van der Waals surface area contributed by atoms with Crippen LogP contribution in [0.15, 0.2) is 24.3 Å². The van der Waals surface area contributed by atoms with Crippen molar-refractivity contribution in [2.24, 2.45) is 0 Å². The molecule has 3 nitrogen and oxygen atoms in total. The highest BCUT2D eigenvalue weighted by molar-refractivity contribution is 5.80. The number of hydrogen-bond donors (Lipinski definition) is 2. The summed E-state index contributed by atoms with van der Waals surface area (Å²) >= 11 is 0. The molecule has 1 aromatic heterocycles. The molecule has 0 spiro atoms. The van der Waals surface area contributed by atoms with Crippen LogP contribution >= 0.6 is 0 Å². The molecular weight excluding hydrogens is 150 g/mol. The van der Waals surface area contributed by atoms with Gasteiger partial charge in [0.1, 0.15) is 5.82 Å². The summed E-state index contributed by atoms with van der Waals surface area (Å²) in [4.78, 5) is 7.26. The Morgan fingerprint density at radius 2 is 2.25 bits per heavy atom. The monoisotopic (exact) mass is 157 g/mol. The Hall–Kier alpha value is -1.86. The van der Waals surface area contributed by atoms with Crippen molar-refractivity contribution in [1.29, 1.82) is 5.41 Å². The van der Waals surface area contributed by atoms with Gasteiger partial charge < -0.3 is 4.98 Å². The second-order valence-corrected chi connectivity index (χ2v) is 2.43. The van der Waals surface area contributed by atoms with Crippen molar-refractivity contribution in [1.82, 2.24) is 9.97 Å². The van der Waals surface area contributed by atoms with Crippen molar-refractivity contribution < 1.29 is 0 Å². The van der Waals surface area contributed by atoms with Crippen molar-refractivity contribution in [3.63, 3.8) is 0 Å². The zero-order chi connectivity index (χ0) is 8.39. The molecule has 0 aliphatic rings. The first kappa shape index (κ1) is 6.83. The van der Waals surface area contributed by atoms with Crippen LogP contribution in [0.1, 0.15) is 5.82 Å². The number of hydrogen-bond acceptors (Lipinski definition) is 2. The van der Waals surface area contributed by atoms with E-state index in [0.29, 0.717) is 5.82 Å². The molecule has 58 valence electrons. The van der Waals surface area contributed by atoms with Crippen LogP contribution in [-0.2, 0) is 0 Å². The number of aromatic nitrogens is 2. The second-order valence-electron chi connectivity index (χ2n) is 2.43. The summed E-state index contributed by atoms with van der Waals surface area (Å²) in [6.45, 7) is 0. The highest BCUT2D eigenvalue weighted by Crippen LogP contribution is 2.09. The van der Waals surface area contributed by atoms with Gasteiger partial charge in [-0.15, -0.1) is 0 Å². The Bertz CT molecular complexity index is 416. The molecule has 0 fully saturated rings. The van der Waals surface area contributed by atoms with E-state index in [2.05, 4.69) is 15.8 Å². The first-order valence-electron chi connectivity index (χ1n) is 3.60. The van der Waals surface area contributed by atoms with Gasteiger partial charge in [-0.25, -0.2) is 4.98 Å². The number of para-hydroxylation sites is 2. The average molecular weight is 157 g/mol. The molecule has 0 radical (unpaired) electrons. The smallest absolute Gasteiger partial charge is 0.140 e. The molecule has 0 aliphatic carbocycles. The molecular formula is C9H7N3. The SMILES string of the molecule is N=C=Cc1nc2ccccc2[nH]1. The number of imidazole rings is 1. The molecule has 3 heteroatoms. The second kappa shape index (κ2) is 2.64. The maximum atomic E-state index is 6.75. The lowest BCUT2D eigenvalue weighted by Gasteiger charge is -1.81. The molecule has 2 N–H and O–H groups in total. The minimum Gasteiger partial charge on any atom is -0.338 e. The third-order valence-corrected chi connectivity index (χ3v) is 1.62. The molecule has 0 bridgehead atoms. The Kier molecular flexibility index (Phi) is 1.50. The predicted octanol–water partition coefficient (Wildman–Crippen LogP) is 1.82. The van der Waals surface area contributed by atoms with Crippen LogP contribution in [0.2, 0.25) is 0 Å². The Morgan fingerprint density at radius 3 is 3.00 bits per heavy atom.